The average molecular weight is 874 g/mol. The van der Waals surface area contributed by atoms with E-state index in [4.69, 9.17) is 23.3 Å². The van der Waals surface area contributed by atoms with Crippen molar-refractivity contribution in [3.8, 4) is 23.0 Å². The van der Waals surface area contributed by atoms with Crippen molar-refractivity contribution in [2.75, 3.05) is 64.1 Å². The van der Waals surface area contributed by atoms with Gasteiger partial charge in [-0.05, 0) is 87.5 Å². The van der Waals surface area contributed by atoms with Crippen LogP contribution in [-0.4, -0.2) is 114 Å². The molecule has 2 aromatic heterocycles. The Balaban J connectivity index is 1.30. The van der Waals surface area contributed by atoms with Crippen molar-refractivity contribution < 1.29 is 55.0 Å². The van der Waals surface area contributed by atoms with E-state index in [1.54, 1.807) is 25.7 Å². The van der Waals surface area contributed by atoms with Crippen molar-refractivity contribution in [1.29, 1.82) is 0 Å². The number of ether oxygens (including phenoxy) is 3. The lowest BCUT2D eigenvalue weighted by molar-refractivity contribution is -0.141. The largest absolute Gasteiger partial charge is 0.465 e. The van der Waals surface area contributed by atoms with Crippen molar-refractivity contribution >= 4 is 47.3 Å². The van der Waals surface area contributed by atoms with Gasteiger partial charge in [0.15, 0.2) is 5.82 Å². The molecule has 0 radical (unpaired) electrons. The molecule has 0 aliphatic carbocycles. The third-order valence-electron chi connectivity index (χ3n) is 11.7. The highest BCUT2D eigenvalue weighted by molar-refractivity contribution is 7.52. The summed E-state index contributed by atoms with van der Waals surface area (Å²) in [6, 6.07) is 5.23. The standard InChI is InChI=1S/C41H48F4N7O8P/c1-4-56-32(53)19-47-61(55,59-5-2)60-27-14-24-9-10-31(44)28-8-6-13-57-39(54)50-40(3)16-25(42)20-51(22-40)37-30-18-46-35(29(15-27)33(24)28)34(45)36(30)48-38(49-37)58-23-41-11-7-12-52(41)21-26(43)17-41/h9-10,14-15,18,25-26H,4-8,11-13,16-17,19-23H2,1-3H3,(H,47,55)(H,50,54)/t25-,26-,40-,41+,61?/m1/s1. The minimum atomic E-state index is -4.27. The van der Waals surface area contributed by atoms with Gasteiger partial charge in [-0.3, -0.25) is 19.2 Å². The van der Waals surface area contributed by atoms with Gasteiger partial charge in [-0.15, -0.1) is 0 Å². The quantitative estimate of drug-likeness (QED) is 0.0925. The lowest BCUT2D eigenvalue weighted by Gasteiger charge is -2.42. The van der Waals surface area contributed by atoms with Crippen LogP contribution in [0.1, 0.15) is 58.4 Å². The first-order valence-electron chi connectivity index (χ1n) is 20.5. The zero-order valence-corrected chi connectivity index (χ0v) is 35.0. The van der Waals surface area contributed by atoms with Gasteiger partial charge in [0.2, 0.25) is 0 Å². The Morgan fingerprint density at radius 3 is 2.72 bits per heavy atom. The number of nitrogens with zero attached hydrogens (tertiary/aromatic N) is 5. The van der Waals surface area contributed by atoms with Crippen LogP contribution in [-0.2, 0) is 29.8 Å². The fourth-order valence-electron chi connectivity index (χ4n) is 9.21. The number of rotatable bonds is 11. The van der Waals surface area contributed by atoms with Crippen molar-refractivity contribution in [3.05, 3.63) is 47.7 Å². The second-order valence-corrected chi connectivity index (χ2v) is 18.0. The van der Waals surface area contributed by atoms with E-state index >= 15 is 13.2 Å². The third-order valence-corrected chi connectivity index (χ3v) is 13.3. The molecule has 328 valence electrons. The average Bonchev–Trinajstić information content (AvgIpc) is 3.73. The van der Waals surface area contributed by atoms with E-state index < -0.39 is 61.4 Å². The summed E-state index contributed by atoms with van der Waals surface area (Å²) in [6.07, 6.45) is -0.0375. The highest BCUT2D eigenvalue weighted by Gasteiger charge is 2.49. The SMILES string of the molecule is CCOC(=O)CNP(=O)(OCC)Oc1cc2c3c(c(F)ccc3c1)CCCOC(=O)N[C@]1(C)C[C@@H](F)CN(C1)c1nc(OC[C@@]34CCCN3C[C@H](F)C4)nc3c(F)c-2ncc13. The van der Waals surface area contributed by atoms with Gasteiger partial charge >= 0.3 is 25.8 Å². The van der Waals surface area contributed by atoms with Crippen LogP contribution in [0, 0.1) is 11.6 Å². The Bertz CT molecular complexity index is 2400. The zero-order chi connectivity index (χ0) is 43.1. The summed E-state index contributed by atoms with van der Waals surface area (Å²) in [6.45, 7) is 5.10. The van der Waals surface area contributed by atoms with Gasteiger partial charge in [0.25, 0.3) is 0 Å². The van der Waals surface area contributed by atoms with Gasteiger partial charge in [0, 0.05) is 37.7 Å². The molecule has 20 heteroatoms. The summed E-state index contributed by atoms with van der Waals surface area (Å²) in [5, 5.41) is 5.95. The monoisotopic (exact) mass is 873 g/mol. The summed E-state index contributed by atoms with van der Waals surface area (Å²) < 4.78 is 106. The summed E-state index contributed by atoms with van der Waals surface area (Å²) in [5.41, 5.74) is -2.14. The molecule has 7 heterocycles. The summed E-state index contributed by atoms with van der Waals surface area (Å²) in [4.78, 5) is 42.8. The van der Waals surface area contributed by atoms with E-state index in [-0.39, 0.29) is 122 Å². The fourth-order valence-corrected chi connectivity index (χ4v) is 10.5. The lowest BCUT2D eigenvalue weighted by atomic mass is 9.90. The number of aryl methyl sites for hydroxylation is 1. The first kappa shape index (κ1) is 42.8. The van der Waals surface area contributed by atoms with Gasteiger partial charge < -0.3 is 29.0 Å². The van der Waals surface area contributed by atoms with E-state index in [2.05, 4.69) is 30.3 Å². The molecule has 0 saturated carbocycles. The summed E-state index contributed by atoms with van der Waals surface area (Å²) >= 11 is 0. The van der Waals surface area contributed by atoms with Crippen LogP contribution in [0.2, 0.25) is 0 Å². The van der Waals surface area contributed by atoms with Gasteiger partial charge in [0.05, 0.1) is 42.8 Å². The van der Waals surface area contributed by atoms with Crippen LogP contribution in [0.4, 0.5) is 28.2 Å². The van der Waals surface area contributed by atoms with Crippen LogP contribution in [0.15, 0.2) is 30.5 Å². The third kappa shape index (κ3) is 8.79. The number of aromatic nitrogens is 3. The Morgan fingerprint density at radius 2 is 1.92 bits per heavy atom. The molecule has 3 saturated heterocycles. The van der Waals surface area contributed by atoms with Crippen LogP contribution < -0.4 is 24.6 Å². The number of alkyl carbamates (subject to hydrolysis) is 1. The topological polar surface area (TPSA) is 167 Å². The molecule has 1 unspecified atom stereocenters. The number of hydrogen-bond donors (Lipinski definition) is 2. The number of pyridine rings is 1. The molecule has 1 amide bonds. The van der Waals surface area contributed by atoms with E-state index in [0.29, 0.717) is 18.4 Å². The number of alkyl halides is 2. The normalized spacial score (nSPS) is 25.2. The Morgan fingerprint density at radius 1 is 1.10 bits per heavy atom. The number of piperidine rings is 1. The van der Waals surface area contributed by atoms with Gasteiger partial charge in [0.1, 0.15) is 54.1 Å². The van der Waals surface area contributed by atoms with Crippen molar-refractivity contribution in [2.45, 2.75) is 82.7 Å². The number of amides is 1. The molecule has 15 nitrogen and oxygen atoms in total. The number of nitrogens with one attached hydrogen (secondary N) is 2. The molecular formula is C41H48F4N7O8P. The van der Waals surface area contributed by atoms with E-state index in [0.717, 1.165) is 6.42 Å². The molecule has 9 rings (SSSR count). The predicted molar refractivity (Wildman–Crippen MR) is 216 cm³/mol. The molecule has 6 bridgehead atoms. The number of halogens is 4. The molecule has 2 N–H and O–H groups in total. The molecular weight excluding hydrogens is 825 g/mol. The van der Waals surface area contributed by atoms with E-state index in [1.165, 1.54) is 30.5 Å². The van der Waals surface area contributed by atoms with E-state index in [9.17, 15) is 18.5 Å². The maximum atomic E-state index is 17.6. The Labute approximate surface area is 349 Å². The van der Waals surface area contributed by atoms with Crippen molar-refractivity contribution in [2.24, 2.45) is 0 Å². The molecule has 5 atom stereocenters. The van der Waals surface area contributed by atoms with Crippen LogP contribution >= 0.6 is 7.75 Å². The first-order valence-corrected chi connectivity index (χ1v) is 22.1. The highest BCUT2D eigenvalue weighted by atomic mass is 31.2. The number of benzene rings is 2. The van der Waals surface area contributed by atoms with Crippen LogP contribution in [0.3, 0.4) is 0 Å². The Kier molecular flexibility index (Phi) is 12.0. The number of fused-ring (bicyclic) bond motifs is 7. The maximum Gasteiger partial charge on any atom is 0.459 e. The first-order chi connectivity index (χ1) is 29.2. The van der Waals surface area contributed by atoms with Crippen LogP contribution in [0.5, 0.6) is 11.8 Å². The second-order valence-electron chi connectivity index (χ2n) is 16.2. The number of esters is 1. The number of anilines is 1. The smallest absolute Gasteiger partial charge is 0.459 e. The fraction of sp³-hybridized carbons (Fsp3) is 0.537. The number of carbonyl (C=O) groups is 2. The molecule has 4 aromatic rings. The van der Waals surface area contributed by atoms with Gasteiger partial charge in [-0.1, -0.05) is 6.07 Å². The number of hydrogen-bond acceptors (Lipinski definition) is 13. The minimum Gasteiger partial charge on any atom is -0.465 e. The molecule has 61 heavy (non-hydrogen) atoms. The molecule has 5 aliphatic rings. The molecule has 3 fully saturated rings. The predicted octanol–water partition coefficient (Wildman–Crippen LogP) is 6.73. The minimum absolute atomic E-state index is 0.0194. The second kappa shape index (κ2) is 17.1. The van der Waals surface area contributed by atoms with Gasteiger partial charge in [-0.25, -0.2) is 32.0 Å². The van der Waals surface area contributed by atoms with Gasteiger partial charge in [-0.2, -0.15) is 9.97 Å². The summed E-state index contributed by atoms with van der Waals surface area (Å²) in [5.74, 6) is -2.32. The lowest BCUT2D eigenvalue weighted by Crippen LogP contribution is -2.60. The molecule has 0 spiro atoms. The highest BCUT2D eigenvalue weighted by Crippen LogP contribution is 2.47. The van der Waals surface area contributed by atoms with Crippen LogP contribution in [0.25, 0.3) is 32.9 Å². The number of carbonyl (C=O) groups excluding carboxylic acids is 2. The molecule has 2 aromatic carbocycles. The van der Waals surface area contributed by atoms with Crippen molar-refractivity contribution in [1.82, 2.24) is 30.3 Å². The van der Waals surface area contributed by atoms with E-state index in [1.807, 2.05) is 0 Å². The maximum absolute atomic E-state index is 17.6. The Hall–Kier alpha value is -4.84. The van der Waals surface area contributed by atoms with Crippen molar-refractivity contribution in [3.63, 3.8) is 0 Å². The zero-order valence-electron chi connectivity index (χ0n) is 34.1. The molecule has 5 aliphatic heterocycles. The summed E-state index contributed by atoms with van der Waals surface area (Å²) in [7, 11) is -4.27.